The first-order valence-electron chi connectivity index (χ1n) is 7.93. The zero-order chi connectivity index (χ0) is 19.4. The molecule has 1 N–H and O–H groups in total. The van der Waals surface area contributed by atoms with Crippen LogP contribution in [0.1, 0.15) is 0 Å². The van der Waals surface area contributed by atoms with Gasteiger partial charge in [-0.25, -0.2) is 4.98 Å². The van der Waals surface area contributed by atoms with E-state index in [0.29, 0.717) is 40.0 Å². The van der Waals surface area contributed by atoms with Crippen molar-refractivity contribution in [3.8, 4) is 11.5 Å². The lowest BCUT2D eigenvalue weighted by Crippen LogP contribution is -2.19. The number of carbonyl (C=O) groups is 1. The van der Waals surface area contributed by atoms with Crippen LogP contribution in [-0.2, 0) is 11.3 Å². The van der Waals surface area contributed by atoms with Gasteiger partial charge in [0.25, 0.3) is 5.76 Å². The van der Waals surface area contributed by atoms with E-state index in [1.807, 2.05) is 0 Å². The molecule has 0 radical (unpaired) electrons. The summed E-state index contributed by atoms with van der Waals surface area (Å²) in [5, 5.41) is 2.82. The lowest BCUT2D eigenvalue weighted by molar-refractivity contribution is -0.116. The second-order valence-corrected chi connectivity index (χ2v) is 6.42. The van der Waals surface area contributed by atoms with Crippen molar-refractivity contribution < 1.29 is 23.0 Å². The Hall–Kier alpha value is -2.81. The van der Waals surface area contributed by atoms with E-state index in [0.717, 1.165) is 0 Å². The van der Waals surface area contributed by atoms with Crippen molar-refractivity contribution >= 4 is 34.4 Å². The topological polar surface area (TPSA) is 65.4 Å². The van der Waals surface area contributed by atoms with Crippen molar-refractivity contribution in [2.75, 3.05) is 19.5 Å². The first-order chi connectivity index (χ1) is 13.0. The summed E-state index contributed by atoms with van der Waals surface area (Å²) < 4.78 is 37.5. The molecule has 27 heavy (non-hydrogen) atoms. The van der Waals surface area contributed by atoms with Crippen LogP contribution in [0, 0.1) is 0 Å². The van der Waals surface area contributed by atoms with Crippen LogP contribution in [-0.4, -0.2) is 35.4 Å². The molecule has 0 spiro atoms. The maximum Gasteiger partial charge on any atom is 0.291 e. The predicted molar refractivity (Wildman–Crippen MR) is 99.8 cm³/mol. The quantitative estimate of drug-likeness (QED) is 0.615. The highest BCUT2D eigenvalue weighted by Gasteiger charge is 2.18. The van der Waals surface area contributed by atoms with Gasteiger partial charge in [-0.1, -0.05) is 12.1 Å². The summed E-state index contributed by atoms with van der Waals surface area (Å²) in [6, 6.07) is 11.9. The third kappa shape index (κ3) is 4.30. The molecule has 9 heteroatoms. The largest absolute Gasteiger partial charge is 0.493 e. The molecular formula is C18H17F2N3O3S. The minimum Gasteiger partial charge on any atom is -0.493 e. The number of carbonyl (C=O) groups excluding carboxylic acids is 1. The van der Waals surface area contributed by atoms with Crippen molar-refractivity contribution in [3.63, 3.8) is 0 Å². The third-order valence-electron chi connectivity index (χ3n) is 3.78. The molecule has 1 heterocycles. The number of imidazole rings is 1. The van der Waals surface area contributed by atoms with Gasteiger partial charge in [-0.15, -0.1) is 0 Å². The molecule has 1 amide bonds. The maximum atomic E-state index is 12.9. The summed E-state index contributed by atoms with van der Waals surface area (Å²) in [5.74, 6) is -2.00. The lowest BCUT2D eigenvalue weighted by atomic mass is 10.2. The highest BCUT2D eigenvalue weighted by atomic mass is 32.2. The van der Waals surface area contributed by atoms with E-state index in [9.17, 15) is 13.6 Å². The molecule has 6 nitrogen and oxygen atoms in total. The van der Waals surface area contributed by atoms with E-state index in [2.05, 4.69) is 10.3 Å². The average molecular weight is 393 g/mol. The van der Waals surface area contributed by atoms with Crippen LogP contribution in [0.25, 0.3) is 11.0 Å². The summed E-state index contributed by atoms with van der Waals surface area (Å²) in [5.41, 5.74) is 1.67. The molecule has 0 aliphatic rings. The molecule has 0 bridgehead atoms. The van der Waals surface area contributed by atoms with Crippen molar-refractivity contribution in [2.45, 2.75) is 17.5 Å². The van der Waals surface area contributed by atoms with E-state index in [1.165, 1.54) is 18.8 Å². The Balaban J connectivity index is 1.83. The van der Waals surface area contributed by atoms with Crippen LogP contribution in [0.5, 0.6) is 11.5 Å². The van der Waals surface area contributed by atoms with Gasteiger partial charge in [-0.05, 0) is 36.0 Å². The number of nitrogens with zero attached hydrogens (tertiary/aromatic N) is 2. The Kier molecular flexibility index (Phi) is 5.80. The van der Waals surface area contributed by atoms with Crippen LogP contribution in [0.2, 0.25) is 0 Å². The third-order valence-corrected chi connectivity index (χ3v) is 4.48. The molecule has 0 saturated heterocycles. The minimum atomic E-state index is -2.63. The SMILES string of the molecule is COc1ccc(NC(=O)Cn2c(SC(F)F)nc3ccccc32)cc1OC. The van der Waals surface area contributed by atoms with Crippen LogP contribution in [0.15, 0.2) is 47.6 Å². The molecule has 3 rings (SSSR count). The second kappa shape index (κ2) is 8.26. The first-order valence-corrected chi connectivity index (χ1v) is 8.81. The van der Waals surface area contributed by atoms with Gasteiger partial charge < -0.3 is 19.4 Å². The zero-order valence-electron chi connectivity index (χ0n) is 14.6. The summed E-state index contributed by atoms with van der Waals surface area (Å²) in [7, 11) is 3.01. The monoisotopic (exact) mass is 393 g/mol. The smallest absolute Gasteiger partial charge is 0.291 e. The molecule has 0 aliphatic carbocycles. The molecule has 3 aromatic rings. The van der Waals surface area contributed by atoms with E-state index in [4.69, 9.17) is 9.47 Å². The number of rotatable bonds is 7. The standard InChI is InChI=1S/C18H17F2N3O3S/c1-25-14-8-7-11(9-15(14)26-2)21-16(24)10-23-13-6-4-3-5-12(13)22-18(23)27-17(19)20/h3-9,17H,10H2,1-2H3,(H,21,24). The molecule has 0 atom stereocenters. The van der Waals surface area contributed by atoms with Crippen molar-refractivity contribution in [1.29, 1.82) is 0 Å². The second-order valence-electron chi connectivity index (χ2n) is 5.47. The fourth-order valence-electron chi connectivity index (χ4n) is 2.63. The first kappa shape index (κ1) is 19.0. The predicted octanol–water partition coefficient (Wildman–Crippen LogP) is 4.01. The number of halogens is 2. The number of hydrogen-bond acceptors (Lipinski definition) is 5. The highest BCUT2D eigenvalue weighted by Crippen LogP contribution is 2.30. The van der Waals surface area contributed by atoms with Crippen LogP contribution in [0.3, 0.4) is 0 Å². The number of fused-ring (bicyclic) bond motifs is 1. The van der Waals surface area contributed by atoms with Crippen LogP contribution in [0.4, 0.5) is 14.5 Å². The fraction of sp³-hybridized carbons (Fsp3) is 0.222. The van der Waals surface area contributed by atoms with Crippen LogP contribution < -0.4 is 14.8 Å². The molecule has 142 valence electrons. The Labute approximate surface area is 158 Å². The molecule has 1 aromatic heterocycles. The number of hydrogen-bond donors (Lipinski definition) is 1. The normalized spacial score (nSPS) is 11.0. The van der Waals surface area contributed by atoms with Crippen molar-refractivity contribution in [2.24, 2.45) is 0 Å². The lowest BCUT2D eigenvalue weighted by Gasteiger charge is -2.12. The molecule has 0 fully saturated rings. The fourth-order valence-corrected chi connectivity index (χ4v) is 3.23. The summed E-state index contributed by atoms with van der Waals surface area (Å²) in [6.07, 6.45) is 0. The number of alkyl halides is 2. The van der Waals surface area contributed by atoms with Crippen molar-refractivity contribution in [3.05, 3.63) is 42.5 Å². The maximum absolute atomic E-state index is 12.9. The number of aromatic nitrogens is 2. The summed E-state index contributed by atoms with van der Waals surface area (Å²) >= 11 is 0.312. The Morgan fingerprint density at radius 3 is 2.63 bits per heavy atom. The Morgan fingerprint density at radius 1 is 1.19 bits per heavy atom. The molecular weight excluding hydrogens is 376 g/mol. The van der Waals surface area contributed by atoms with Gasteiger partial charge in [0.2, 0.25) is 5.91 Å². The van der Waals surface area contributed by atoms with Gasteiger partial charge in [0.05, 0.1) is 25.3 Å². The van der Waals surface area contributed by atoms with E-state index >= 15 is 0 Å². The number of methoxy groups -OCH3 is 2. The molecule has 0 saturated carbocycles. The van der Waals surface area contributed by atoms with Crippen LogP contribution >= 0.6 is 11.8 Å². The van der Waals surface area contributed by atoms with Gasteiger partial charge >= 0.3 is 0 Å². The molecule has 0 unspecified atom stereocenters. The van der Waals surface area contributed by atoms with Crippen molar-refractivity contribution in [1.82, 2.24) is 9.55 Å². The highest BCUT2D eigenvalue weighted by molar-refractivity contribution is 7.99. The number of amides is 1. The minimum absolute atomic E-state index is 0.0914. The number of thioether (sulfide) groups is 1. The zero-order valence-corrected chi connectivity index (χ0v) is 15.4. The molecule has 0 aliphatic heterocycles. The van der Waals surface area contributed by atoms with Gasteiger partial charge in [0, 0.05) is 11.8 Å². The summed E-state index contributed by atoms with van der Waals surface area (Å²) in [4.78, 5) is 16.7. The summed E-state index contributed by atoms with van der Waals surface area (Å²) in [6.45, 7) is -0.149. The van der Waals surface area contributed by atoms with Gasteiger partial charge in [0.1, 0.15) is 6.54 Å². The number of anilines is 1. The number of ether oxygens (including phenoxy) is 2. The Bertz CT molecular complexity index is 962. The van der Waals surface area contributed by atoms with Gasteiger partial charge in [-0.2, -0.15) is 8.78 Å². The Morgan fingerprint density at radius 2 is 1.93 bits per heavy atom. The number of benzene rings is 2. The number of nitrogens with one attached hydrogen (secondary N) is 1. The van der Waals surface area contributed by atoms with E-state index in [1.54, 1.807) is 42.5 Å². The number of para-hydroxylation sites is 2. The van der Waals surface area contributed by atoms with Gasteiger partial charge in [0.15, 0.2) is 16.7 Å². The molecule has 2 aromatic carbocycles. The van der Waals surface area contributed by atoms with E-state index < -0.39 is 5.76 Å². The average Bonchev–Trinajstić information content (AvgIpc) is 2.98. The van der Waals surface area contributed by atoms with Gasteiger partial charge in [-0.3, -0.25) is 4.79 Å². The van der Waals surface area contributed by atoms with E-state index in [-0.39, 0.29) is 17.6 Å².